The molecule has 6 heteroatoms. The number of carbonyl (C=O) groups is 1. The average Bonchev–Trinajstić information content (AvgIpc) is 2.76. The summed E-state index contributed by atoms with van der Waals surface area (Å²) in [6.07, 6.45) is 1.26. The largest absolute Gasteiger partial charge is 0.324 e. The maximum atomic E-state index is 13.9. The molecule has 1 N–H and O–H groups in total. The Bertz CT molecular complexity index is 1250. The van der Waals surface area contributed by atoms with Gasteiger partial charge in [-0.15, -0.1) is 0 Å². The number of aromatic nitrogens is 2. The van der Waals surface area contributed by atoms with Crippen molar-refractivity contribution in [2.24, 2.45) is 0 Å². The van der Waals surface area contributed by atoms with Gasteiger partial charge in [-0.2, -0.15) is 0 Å². The first-order valence-electron chi connectivity index (χ1n) is 9.37. The molecular weight excluding hydrogens is 381 g/mol. The lowest BCUT2D eigenvalue weighted by molar-refractivity contribution is -0.116. The van der Waals surface area contributed by atoms with E-state index in [-0.39, 0.29) is 23.7 Å². The second kappa shape index (κ2) is 8.53. The Morgan fingerprint density at radius 3 is 2.30 bits per heavy atom. The predicted octanol–water partition coefficient (Wildman–Crippen LogP) is 4.36. The third-order valence-corrected chi connectivity index (χ3v) is 4.63. The fourth-order valence-corrected chi connectivity index (χ4v) is 3.17. The van der Waals surface area contributed by atoms with Crippen molar-refractivity contribution in [3.8, 4) is 22.4 Å². The van der Waals surface area contributed by atoms with E-state index in [9.17, 15) is 14.0 Å². The van der Waals surface area contributed by atoms with Gasteiger partial charge < -0.3 is 5.32 Å². The molecule has 0 atom stereocenters. The number of halogens is 1. The lowest BCUT2D eigenvalue weighted by Crippen LogP contribution is -2.27. The van der Waals surface area contributed by atoms with E-state index in [0.717, 1.165) is 11.1 Å². The molecule has 4 aromatic rings. The lowest BCUT2D eigenvalue weighted by atomic mass is 10.0. The van der Waals surface area contributed by atoms with Crippen LogP contribution in [-0.4, -0.2) is 15.5 Å². The van der Waals surface area contributed by atoms with Crippen LogP contribution in [0.4, 0.5) is 10.1 Å². The number of hydrogen-bond donors (Lipinski definition) is 1. The monoisotopic (exact) mass is 399 g/mol. The minimum Gasteiger partial charge on any atom is -0.324 e. The molecule has 0 saturated carbocycles. The van der Waals surface area contributed by atoms with E-state index in [4.69, 9.17) is 0 Å². The third-order valence-electron chi connectivity index (χ3n) is 4.63. The third kappa shape index (κ3) is 4.17. The van der Waals surface area contributed by atoms with E-state index in [1.165, 1.54) is 23.0 Å². The molecule has 0 bridgehead atoms. The molecule has 1 amide bonds. The average molecular weight is 399 g/mol. The highest BCUT2D eigenvalue weighted by atomic mass is 19.1. The van der Waals surface area contributed by atoms with Crippen LogP contribution < -0.4 is 10.9 Å². The van der Waals surface area contributed by atoms with Crippen molar-refractivity contribution in [1.29, 1.82) is 0 Å². The molecule has 0 saturated heterocycles. The van der Waals surface area contributed by atoms with E-state index < -0.39 is 11.4 Å². The first-order chi connectivity index (χ1) is 14.6. The summed E-state index contributed by atoms with van der Waals surface area (Å²) in [7, 11) is 0. The quantitative estimate of drug-likeness (QED) is 0.543. The van der Waals surface area contributed by atoms with Gasteiger partial charge in [-0.1, -0.05) is 60.7 Å². The smallest absolute Gasteiger partial charge is 0.254 e. The molecule has 0 aliphatic carbocycles. The van der Waals surface area contributed by atoms with Crippen molar-refractivity contribution in [2.45, 2.75) is 6.54 Å². The fraction of sp³-hybridized carbons (Fsp3) is 0.0417. The number of rotatable bonds is 5. The van der Waals surface area contributed by atoms with Crippen LogP contribution >= 0.6 is 0 Å². The molecule has 0 radical (unpaired) electrons. The molecule has 0 fully saturated rings. The highest BCUT2D eigenvalue weighted by molar-refractivity contribution is 5.95. The molecule has 1 heterocycles. The van der Waals surface area contributed by atoms with E-state index in [1.807, 2.05) is 54.6 Å². The minimum absolute atomic E-state index is 0.202. The normalized spacial score (nSPS) is 10.6. The number of nitrogens with zero attached hydrogens (tertiary/aromatic N) is 2. The molecular formula is C24H18FN3O2. The molecule has 148 valence electrons. The van der Waals surface area contributed by atoms with E-state index in [0.29, 0.717) is 5.69 Å². The van der Waals surface area contributed by atoms with Crippen molar-refractivity contribution in [3.63, 3.8) is 0 Å². The van der Waals surface area contributed by atoms with Crippen LogP contribution in [0.25, 0.3) is 22.4 Å². The fourth-order valence-electron chi connectivity index (χ4n) is 3.17. The van der Waals surface area contributed by atoms with Crippen LogP contribution in [0.5, 0.6) is 0 Å². The van der Waals surface area contributed by atoms with Gasteiger partial charge in [0.25, 0.3) is 5.56 Å². The Morgan fingerprint density at radius 1 is 0.900 bits per heavy atom. The Labute approximate surface area is 172 Å². The van der Waals surface area contributed by atoms with Crippen molar-refractivity contribution < 1.29 is 9.18 Å². The summed E-state index contributed by atoms with van der Waals surface area (Å²) < 4.78 is 15.1. The number of para-hydroxylation sites is 1. The number of benzene rings is 3. The van der Waals surface area contributed by atoms with Crippen LogP contribution in [0.15, 0.2) is 96.1 Å². The van der Waals surface area contributed by atoms with Gasteiger partial charge in [0.05, 0.1) is 12.0 Å². The molecule has 5 nitrogen and oxygen atoms in total. The number of nitrogens with one attached hydrogen (secondary N) is 1. The summed E-state index contributed by atoms with van der Waals surface area (Å²) in [4.78, 5) is 29.1. The number of anilines is 1. The molecule has 30 heavy (non-hydrogen) atoms. The first-order valence-corrected chi connectivity index (χ1v) is 9.37. The minimum atomic E-state index is -0.461. The second-order valence-electron chi connectivity index (χ2n) is 6.68. The van der Waals surface area contributed by atoms with Gasteiger partial charge in [-0.05, 0) is 23.8 Å². The summed E-state index contributed by atoms with van der Waals surface area (Å²) in [5.74, 6) is -0.821. The molecule has 0 aliphatic heterocycles. The first kappa shape index (κ1) is 19.3. The van der Waals surface area contributed by atoms with Gasteiger partial charge in [0.1, 0.15) is 12.4 Å². The number of hydrogen-bond acceptors (Lipinski definition) is 3. The topological polar surface area (TPSA) is 64.0 Å². The Morgan fingerprint density at radius 2 is 1.57 bits per heavy atom. The molecule has 3 aromatic carbocycles. The molecule has 4 rings (SSSR count). The maximum absolute atomic E-state index is 13.9. The zero-order valence-electron chi connectivity index (χ0n) is 16.0. The van der Waals surface area contributed by atoms with Gasteiger partial charge in [-0.25, -0.2) is 9.37 Å². The van der Waals surface area contributed by atoms with E-state index in [1.54, 1.807) is 18.2 Å². The van der Waals surface area contributed by atoms with Gasteiger partial charge in [0, 0.05) is 22.9 Å². The van der Waals surface area contributed by atoms with E-state index >= 15 is 0 Å². The summed E-state index contributed by atoms with van der Waals surface area (Å²) in [5, 5.41) is 2.85. The highest BCUT2D eigenvalue weighted by Crippen LogP contribution is 2.27. The molecule has 0 aliphatic rings. The van der Waals surface area contributed by atoms with Gasteiger partial charge >= 0.3 is 0 Å². The Hall–Kier alpha value is -4.06. The van der Waals surface area contributed by atoms with Crippen molar-refractivity contribution in [3.05, 3.63) is 107 Å². The molecule has 0 spiro atoms. The predicted molar refractivity (Wildman–Crippen MR) is 114 cm³/mol. The Balaban J connectivity index is 1.53. The highest BCUT2D eigenvalue weighted by Gasteiger charge is 2.12. The standard InChI is InChI=1S/C24H18FN3O2/c25-20-12-6-4-11-19(20)22-14-24(30)28(16-26-22)15-23(29)27-21-13-7-5-10-18(21)17-8-2-1-3-9-17/h1-14,16H,15H2,(H,27,29). The van der Waals surface area contributed by atoms with E-state index in [2.05, 4.69) is 10.3 Å². The number of amides is 1. The van der Waals surface area contributed by atoms with Crippen LogP contribution in [0.1, 0.15) is 0 Å². The van der Waals surface area contributed by atoms with Gasteiger partial charge in [0.2, 0.25) is 5.91 Å². The van der Waals surface area contributed by atoms with Crippen molar-refractivity contribution >= 4 is 11.6 Å². The van der Waals surface area contributed by atoms with Gasteiger partial charge in [0.15, 0.2) is 0 Å². The van der Waals surface area contributed by atoms with Gasteiger partial charge in [-0.3, -0.25) is 14.2 Å². The summed E-state index contributed by atoms with van der Waals surface area (Å²) in [6.45, 7) is -0.202. The van der Waals surface area contributed by atoms with Crippen molar-refractivity contribution in [2.75, 3.05) is 5.32 Å². The van der Waals surface area contributed by atoms with Crippen molar-refractivity contribution in [1.82, 2.24) is 9.55 Å². The van der Waals surface area contributed by atoms with Crippen LogP contribution in [-0.2, 0) is 11.3 Å². The summed E-state index contributed by atoms with van der Waals surface area (Å²) in [6, 6.07) is 24.5. The SMILES string of the molecule is O=C(Cn1cnc(-c2ccccc2F)cc1=O)Nc1ccccc1-c1ccccc1. The van der Waals surface area contributed by atoms with Crippen LogP contribution in [0.2, 0.25) is 0 Å². The summed E-state index contributed by atoms with van der Waals surface area (Å²) in [5.41, 5.74) is 2.54. The number of carbonyl (C=O) groups excluding carboxylic acids is 1. The second-order valence-corrected chi connectivity index (χ2v) is 6.68. The summed E-state index contributed by atoms with van der Waals surface area (Å²) >= 11 is 0. The molecule has 1 aromatic heterocycles. The van der Waals surface area contributed by atoms with Crippen LogP contribution in [0.3, 0.4) is 0 Å². The lowest BCUT2D eigenvalue weighted by Gasteiger charge is -2.12. The Kier molecular flexibility index (Phi) is 5.48. The van der Waals surface area contributed by atoms with Crippen LogP contribution in [0, 0.1) is 5.82 Å². The maximum Gasteiger partial charge on any atom is 0.254 e. The molecule has 0 unspecified atom stereocenters. The zero-order valence-corrected chi connectivity index (χ0v) is 16.0. The zero-order chi connectivity index (χ0) is 20.9.